The standard InChI is InChI=1S/C18H24N4O3S/c1-24-16-4-13-14(5-17(16)25-2)21-20-8-15(13)22-10-18(11-22)6-12(7-18)9-26(3,19)23/h4-5,8,12,19H,6-7,9-11H2,1-3H3. The second-order valence-corrected chi connectivity index (χ2v) is 10.1. The average molecular weight is 376 g/mol. The molecular formula is C18H24N4O3S. The molecule has 1 unspecified atom stereocenters. The van der Waals surface area contributed by atoms with Gasteiger partial charge in [0.25, 0.3) is 0 Å². The fourth-order valence-electron chi connectivity index (χ4n) is 4.55. The molecule has 1 aliphatic heterocycles. The number of benzene rings is 1. The maximum atomic E-state index is 11.7. The smallest absolute Gasteiger partial charge is 0.162 e. The Bertz CT molecular complexity index is 946. The van der Waals surface area contributed by atoms with Crippen LogP contribution in [0.25, 0.3) is 10.9 Å². The first-order valence-corrected chi connectivity index (χ1v) is 10.8. The molecule has 1 atom stereocenters. The fraction of sp³-hybridized carbons (Fsp3) is 0.556. The highest BCUT2D eigenvalue weighted by Crippen LogP contribution is 2.53. The Morgan fingerprint density at radius 2 is 1.92 bits per heavy atom. The number of hydrogen-bond acceptors (Lipinski definition) is 7. The Kier molecular flexibility index (Phi) is 3.98. The molecule has 1 saturated heterocycles. The zero-order valence-electron chi connectivity index (χ0n) is 15.3. The van der Waals surface area contributed by atoms with Crippen molar-refractivity contribution in [1.82, 2.24) is 10.2 Å². The van der Waals surface area contributed by atoms with E-state index in [1.54, 1.807) is 26.7 Å². The lowest BCUT2D eigenvalue weighted by molar-refractivity contribution is 0.0358. The number of nitrogens with one attached hydrogen (secondary N) is 1. The molecule has 0 radical (unpaired) electrons. The van der Waals surface area contributed by atoms with Crippen molar-refractivity contribution in [3.05, 3.63) is 18.3 Å². The van der Waals surface area contributed by atoms with Crippen LogP contribution in [0.3, 0.4) is 0 Å². The average Bonchev–Trinajstić information content (AvgIpc) is 2.53. The summed E-state index contributed by atoms with van der Waals surface area (Å²) in [5, 5.41) is 9.38. The monoisotopic (exact) mass is 376 g/mol. The second kappa shape index (κ2) is 5.97. The third-order valence-corrected chi connectivity index (χ3v) is 6.62. The molecule has 26 heavy (non-hydrogen) atoms. The van der Waals surface area contributed by atoms with Crippen LogP contribution in [-0.2, 0) is 9.73 Å². The van der Waals surface area contributed by atoms with E-state index in [-0.39, 0.29) is 0 Å². The maximum Gasteiger partial charge on any atom is 0.162 e. The minimum absolute atomic E-state index is 0.321. The van der Waals surface area contributed by atoms with Gasteiger partial charge in [-0.25, -0.2) is 0 Å². The van der Waals surface area contributed by atoms with Crippen molar-refractivity contribution in [3.63, 3.8) is 0 Å². The van der Waals surface area contributed by atoms with Gasteiger partial charge in [-0.2, -0.15) is 10.2 Å². The molecule has 0 amide bonds. The Labute approximate surface area is 153 Å². The zero-order valence-corrected chi connectivity index (χ0v) is 16.1. The van der Waals surface area contributed by atoms with E-state index in [0.717, 1.165) is 42.5 Å². The van der Waals surface area contributed by atoms with Crippen LogP contribution in [0.15, 0.2) is 18.3 Å². The van der Waals surface area contributed by atoms with Gasteiger partial charge in [-0.15, -0.1) is 0 Å². The lowest BCUT2D eigenvalue weighted by Crippen LogP contribution is -2.63. The van der Waals surface area contributed by atoms with Crippen molar-refractivity contribution >= 4 is 26.3 Å². The van der Waals surface area contributed by atoms with Crippen molar-refractivity contribution in [2.75, 3.05) is 44.2 Å². The van der Waals surface area contributed by atoms with Gasteiger partial charge in [0.1, 0.15) is 0 Å². The van der Waals surface area contributed by atoms with E-state index >= 15 is 0 Å². The summed E-state index contributed by atoms with van der Waals surface area (Å²) in [6, 6.07) is 3.81. The summed E-state index contributed by atoms with van der Waals surface area (Å²) in [7, 11) is 0.853. The van der Waals surface area contributed by atoms with E-state index in [0.29, 0.717) is 28.6 Å². The summed E-state index contributed by atoms with van der Waals surface area (Å²) in [6.45, 7) is 1.95. The first-order valence-electron chi connectivity index (χ1n) is 8.66. The molecule has 140 valence electrons. The highest BCUT2D eigenvalue weighted by molar-refractivity contribution is 7.91. The van der Waals surface area contributed by atoms with E-state index in [1.807, 2.05) is 12.1 Å². The summed E-state index contributed by atoms with van der Waals surface area (Å²) < 4.78 is 30.1. The molecule has 1 aromatic heterocycles. The quantitative estimate of drug-likeness (QED) is 0.863. The van der Waals surface area contributed by atoms with Crippen LogP contribution in [0.5, 0.6) is 11.5 Å². The van der Waals surface area contributed by atoms with Gasteiger partial charge in [-0.3, -0.25) is 8.99 Å². The molecule has 1 N–H and O–H groups in total. The third-order valence-electron chi connectivity index (χ3n) is 5.51. The molecule has 2 heterocycles. The van der Waals surface area contributed by atoms with Crippen LogP contribution in [0, 0.1) is 16.1 Å². The van der Waals surface area contributed by atoms with Crippen LogP contribution in [0.2, 0.25) is 0 Å². The van der Waals surface area contributed by atoms with Crippen LogP contribution in [0.4, 0.5) is 5.69 Å². The predicted molar refractivity (Wildman–Crippen MR) is 102 cm³/mol. The summed E-state index contributed by atoms with van der Waals surface area (Å²) in [6.07, 6.45) is 5.49. The summed E-state index contributed by atoms with van der Waals surface area (Å²) in [4.78, 5) is 2.32. The van der Waals surface area contributed by atoms with Gasteiger partial charge in [0.05, 0.1) is 31.6 Å². The highest BCUT2D eigenvalue weighted by Gasteiger charge is 2.52. The van der Waals surface area contributed by atoms with E-state index in [1.165, 1.54) is 0 Å². The van der Waals surface area contributed by atoms with Gasteiger partial charge < -0.3 is 14.4 Å². The number of fused-ring (bicyclic) bond motifs is 1. The number of methoxy groups -OCH3 is 2. The molecule has 0 bridgehead atoms. The van der Waals surface area contributed by atoms with E-state index in [2.05, 4.69) is 15.1 Å². The van der Waals surface area contributed by atoms with E-state index in [4.69, 9.17) is 14.3 Å². The first-order chi connectivity index (χ1) is 12.3. The van der Waals surface area contributed by atoms with Gasteiger partial charge in [-0.1, -0.05) is 0 Å². The van der Waals surface area contributed by atoms with Crippen molar-refractivity contribution in [3.8, 4) is 11.5 Å². The van der Waals surface area contributed by atoms with E-state index in [9.17, 15) is 4.21 Å². The minimum Gasteiger partial charge on any atom is -0.493 e. The summed E-state index contributed by atoms with van der Waals surface area (Å²) >= 11 is 0. The number of anilines is 1. The molecule has 8 heteroatoms. The van der Waals surface area contributed by atoms with Gasteiger partial charge in [0.2, 0.25) is 0 Å². The first kappa shape index (κ1) is 17.3. The predicted octanol–water partition coefficient (Wildman–Crippen LogP) is 2.54. The largest absolute Gasteiger partial charge is 0.493 e. The van der Waals surface area contributed by atoms with Crippen LogP contribution in [-0.4, -0.2) is 53.7 Å². The third kappa shape index (κ3) is 2.96. The molecule has 2 aliphatic rings. The molecule has 7 nitrogen and oxygen atoms in total. The normalized spacial score (nSPS) is 21.1. The molecule has 4 rings (SSSR count). The fourth-order valence-corrected chi connectivity index (χ4v) is 5.68. The van der Waals surface area contributed by atoms with Crippen LogP contribution >= 0.6 is 0 Å². The van der Waals surface area contributed by atoms with Crippen molar-refractivity contribution in [2.45, 2.75) is 12.8 Å². The van der Waals surface area contributed by atoms with Crippen molar-refractivity contribution in [2.24, 2.45) is 11.3 Å². The molecule has 1 spiro atoms. The Morgan fingerprint density at radius 3 is 2.54 bits per heavy atom. The molecule has 1 aliphatic carbocycles. The Morgan fingerprint density at radius 1 is 1.27 bits per heavy atom. The topological polar surface area (TPSA) is 88.4 Å². The number of ether oxygens (including phenoxy) is 2. The minimum atomic E-state index is -2.38. The Hall–Kier alpha value is -2.09. The summed E-state index contributed by atoms with van der Waals surface area (Å²) in [5.74, 6) is 2.29. The van der Waals surface area contributed by atoms with Gasteiger partial charge in [0, 0.05) is 51.7 Å². The van der Waals surface area contributed by atoms with Crippen molar-refractivity contribution < 1.29 is 13.7 Å². The van der Waals surface area contributed by atoms with E-state index < -0.39 is 9.73 Å². The zero-order chi connectivity index (χ0) is 18.5. The SMILES string of the molecule is COc1cc2nncc(N3CC4(CC(CS(C)(=N)=O)C4)C3)c2cc1OC. The number of rotatable bonds is 5. The molecule has 1 aromatic carbocycles. The lowest BCUT2D eigenvalue weighted by Gasteiger charge is -2.60. The summed E-state index contributed by atoms with van der Waals surface area (Å²) in [5.41, 5.74) is 2.17. The van der Waals surface area contributed by atoms with Crippen LogP contribution < -0.4 is 14.4 Å². The number of hydrogen-bond donors (Lipinski definition) is 1. The van der Waals surface area contributed by atoms with Gasteiger partial charge in [-0.05, 0) is 24.8 Å². The molecule has 2 aromatic rings. The molecule has 1 saturated carbocycles. The number of nitrogens with zero attached hydrogens (tertiary/aromatic N) is 3. The van der Waals surface area contributed by atoms with Crippen LogP contribution in [0.1, 0.15) is 12.8 Å². The molecular weight excluding hydrogens is 352 g/mol. The highest BCUT2D eigenvalue weighted by atomic mass is 32.2. The second-order valence-electron chi connectivity index (χ2n) is 7.76. The lowest BCUT2D eigenvalue weighted by atomic mass is 9.58. The number of aromatic nitrogens is 2. The maximum absolute atomic E-state index is 11.7. The molecule has 2 fully saturated rings. The van der Waals surface area contributed by atoms with Gasteiger partial charge in [0.15, 0.2) is 11.5 Å². The van der Waals surface area contributed by atoms with Gasteiger partial charge >= 0.3 is 0 Å². The van der Waals surface area contributed by atoms with Crippen molar-refractivity contribution in [1.29, 1.82) is 4.78 Å². The Balaban J connectivity index is 1.53.